The third-order valence-electron chi connectivity index (χ3n) is 6.76. The summed E-state index contributed by atoms with van der Waals surface area (Å²) in [5, 5.41) is 3.85. The average molecular weight is 558 g/mol. The smallest absolute Gasteiger partial charge is 0.267 e. The van der Waals surface area contributed by atoms with Crippen LogP contribution in [0.1, 0.15) is 65.5 Å². The second kappa shape index (κ2) is 10.8. The van der Waals surface area contributed by atoms with Crippen LogP contribution in [0.2, 0.25) is 0 Å². The molecule has 1 unspecified atom stereocenters. The molecule has 1 amide bonds. The Kier molecular flexibility index (Phi) is 7.85. The molecule has 0 aliphatic heterocycles. The van der Waals surface area contributed by atoms with E-state index in [-0.39, 0.29) is 18.8 Å². The number of hydrogen-bond acceptors (Lipinski definition) is 6. The Morgan fingerprint density at radius 3 is 2.50 bits per heavy atom. The third kappa shape index (κ3) is 5.02. The number of primary amides is 1. The largest absolute Gasteiger partial charge is 0.364 e. The van der Waals surface area contributed by atoms with Gasteiger partial charge in [-0.2, -0.15) is 0 Å². The van der Waals surface area contributed by atoms with Gasteiger partial charge in [0, 0.05) is 24.9 Å². The van der Waals surface area contributed by atoms with Gasteiger partial charge in [-0.1, -0.05) is 73.1 Å². The van der Waals surface area contributed by atoms with Crippen molar-refractivity contribution in [1.29, 1.82) is 0 Å². The third-order valence-corrected chi connectivity index (χ3v) is 9.38. The summed E-state index contributed by atoms with van der Waals surface area (Å²) in [6.07, 6.45) is 5.55. The van der Waals surface area contributed by atoms with Crippen molar-refractivity contribution in [3.8, 4) is 0 Å². The number of anilines is 1. The Bertz CT molecular complexity index is 1520. The van der Waals surface area contributed by atoms with Crippen molar-refractivity contribution >= 4 is 39.0 Å². The van der Waals surface area contributed by atoms with Crippen molar-refractivity contribution in [2.75, 3.05) is 4.72 Å². The van der Waals surface area contributed by atoms with E-state index in [1.54, 1.807) is 24.5 Å². The lowest BCUT2D eigenvalue weighted by atomic mass is 9.92. The first-order valence-corrected chi connectivity index (χ1v) is 14.4. The van der Waals surface area contributed by atoms with Gasteiger partial charge in [-0.25, -0.2) is 18.1 Å². The number of nitrogens with one attached hydrogen (secondary N) is 1. The molecule has 38 heavy (non-hydrogen) atoms. The maximum atomic E-state index is 13.9. The van der Waals surface area contributed by atoms with E-state index in [2.05, 4.69) is 14.9 Å². The molecule has 2 heterocycles. The molecular formula is C27H32ClN5O4S. The highest BCUT2D eigenvalue weighted by Gasteiger charge is 2.48. The van der Waals surface area contributed by atoms with Crippen LogP contribution >= 0.6 is 11.6 Å². The molecule has 1 aliphatic rings. The van der Waals surface area contributed by atoms with Crippen LogP contribution in [0.4, 0.5) is 5.88 Å². The summed E-state index contributed by atoms with van der Waals surface area (Å²) in [4.78, 5) is 17.1. The van der Waals surface area contributed by atoms with Gasteiger partial charge >= 0.3 is 0 Å². The summed E-state index contributed by atoms with van der Waals surface area (Å²) in [7, 11) is -4.26. The van der Waals surface area contributed by atoms with E-state index in [0.717, 1.165) is 12.2 Å². The number of allylic oxidation sites excluding steroid dienone is 3. The number of alkyl halides is 1. The molecule has 0 radical (unpaired) electrons. The molecule has 1 aliphatic carbocycles. The number of aromatic nitrogens is 3. The molecule has 2 aromatic heterocycles. The molecule has 0 spiro atoms. The van der Waals surface area contributed by atoms with Crippen LogP contribution in [0, 0.1) is 13.8 Å². The number of nitrogens with zero attached hydrogens (tertiary/aromatic N) is 3. The fourth-order valence-electron chi connectivity index (χ4n) is 4.63. The number of sulfonamides is 1. The summed E-state index contributed by atoms with van der Waals surface area (Å²) >= 11 is 7.13. The molecule has 0 saturated heterocycles. The van der Waals surface area contributed by atoms with E-state index >= 15 is 0 Å². The highest BCUT2D eigenvalue weighted by atomic mass is 35.5. The Labute approximate surface area is 227 Å². The maximum absolute atomic E-state index is 13.9. The van der Waals surface area contributed by atoms with Gasteiger partial charge < -0.3 is 14.8 Å². The van der Waals surface area contributed by atoms with E-state index < -0.39 is 20.1 Å². The maximum Gasteiger partial charge on any atom is 0.267 e. The van der Waals surface area contributed by atoms with Crippen LogP contribution in [-0.4, -0.2) is 33.2 Å². The van der Waals surface area contributed by atoms with Crippen LogP contribution < -0.4 is 10.5 Å². The zero-order valence-electron chi connectivity index (χ0n) is 21.9. The molecule has 0 saturated carbocycles. The van der Waals surface area contributed by atoms with Gasteiger partial charge in [0.15, 0.2) is 4.21 Å². The standard InChI is InChI=1S/C27H32ClN5O4S/c1-5-10-23-30-22(6-2)24(25(29)34)33(23)16-19-13-14-21(20-11-8-7-9-12-20)27(28,15-19)38(35,36)32-26-17(3)18(4)31-37-26/h7-9,11-14,32H,5-6,10,15-16H2,1-4H3,(H2,29,34). The topological polar surface area (TPSA) is 133 Å². The highest BCUT2D eigenvalue weighted by Crippen LogP contribution is 2.46. The molecule has 1 atom stereocenters. The highest BCUT2D eigenvalue weighted by molar-refractivity contribution is 7.95. The minimum absolute atomic E-state index is 0.0227. The Morgan fingerprint density at radius 2 is 1.92 bits per heavy atom. The first kappa shape index (κ1) is 27.7. The van der Waals surface area contributed by atoms with Gasteiger partial charge in [0.05, 0.1) is 11.4 Å². The lowest BCUT2D eigenvalue weighted by Gasteiger charge is -2.33. The summed E-state index contributed by atoms with van der Waals surface area (Å²) in [5.41, 5.74) is 9.66. The predicted octanol–water partition coefficient (Wildman–Crippen LogP) is 4.89. The van der Waals surface area contributed by atoms with E-state index in [0.29, 0.717) is 52.2 Å². The Morgan fingerprint density at radius 1 is 1.21 bits per heavy atom. The molecule has 3 N–H and O–H groups in total. The lowest BCUT2D eigenvalue weighted by Crippen LogP contribution is -2.40. The van der Waals surface area contributed by atoms with E-state index in [9.17, 15) is 13.2 Å². The molecular weight excluding hydrogens is 526 g/mol. The fraction of sp³-hybridized carbons (Fsp3) is 0.370. The fourth-order valence-corrected chi connectivity index (χ4v) is 6.53. The van der Waals surface area contributed by atoms with Crippen LogP contribution in [0.25, 0.3) is 5.57 Å². The van der Waals surface area contributed by atoms with Crippen LogP contribution in [-0.2, 0) is 29.4 Å². The molecule has 202 valence electrons. The van der Waals surface area contributed by atoms with Gasteiger partial charge in [-0.15, -0.1) is 0 Å². The van der Waals surface area contributed by atoms with Gasteiger partial charge in [0.1, 0.15) is 11.5 Å². The number of aryl methyl sites for hydroxylation is 3. The van der Waals surface area contributed by atoms with Crippen molar-refractivity contribution in [3.63, 3.8) is 0 Å². The summed E-state index contributed by atoms with van der Waals surface area (Å²) < 4.78 is 35.5. The van der Waals surface area contributed by atoms with Crippen molar-refractivity contribution in [2.45, 2.75) is 64.1 Å². The number of hydrogen-bond donors (Lipinski definition) is 2. The first-order chi connectivity index (χ1) is 18.0. The molecule has 4 rings (SSSR count). The molecule has 9 nitrogen and oxygen atoms in total. The van der Waals surface area contributed by atoms with E-state index in [4.69, 9.17) is 21.9 Å². The lowest BCUT2D eigenvalue weighted by molar-refractivity contribution is 0.0990. The number of imidazole rings is 1. The number of halogens is 1. The SMILES string of the molecule is CCCc1nc(CC)c(C(N)=O)n1CC1=CC=C(c2ccccc2)C(Cl)(S(=O)(=O)Nc2onc(C)c2C)C1. The van der Waals surface area contributed by atoms with Crippen LogP contribution in [0.15, 0.2) is 52.6 Å². The molecule has 1 aromatic carbocycles. The predicted molar refractivity (Wildman–Crippen MR) is 148 cm³/mol. The van der Waals surface area contributed by atoms with Gasteiger partial charge in [0.25, 0.3) is 15.9 Å². The number of carbonyl (C=O) groups is 1. The van der Waals surface area contributed by atoms with E-state index in [1.807, 2.05) is 50.3 Å². The summed E-state index contributed by atoms with van der Waals surface area (Å²) in [5.74, 6) is 0.177. The van der Waals surface area contributed by atoms with E-state index in [1.165, 1.54) is 0 Å². The Balaban J connectivity index is 1.80. The molecule has 0 bridgehead atoms. The number of carbonyl (C=O) groups excluding carboxylic acids is 1. The van der Waals surface area contributed by atoms with Crippen molar-refractivity contribution in [3.05, 3.63) is 82.1 Å². The monoisotopic (exact) mass is 557 g/mol. The minimum atomic E-state index is -4.26. The van der Waals surface area contributed by atoms with Crippen molar-refractivity contribution in [1.82, 2.24) is 14.7 Å². The van der Waals surface area contributed by atoms with Gasteiger partial charge in [0.2, 0.25) is 5.88 Å². The zero-order valence-corrected chi connectivity index (χ0v) is 23.5. The number of rotatable bonds is 10. The molecule has 3 aromatic rings. The number of amides is 1. The van der Waals surface area contributed by atoms with Crippen LogP contribution in [0.3, 0.4) is 0 Å². The summed E-state index contributed by atoms with van der Waals surface area (Å²) in [6.45, 7) is 7.61. The zero-order chi connectivity index (χ0) is 27.7. The van der Waals surface area contributed by atoms with Crippen LogP contribution in [0.5, 0.6) is 0 Å². The van der Waals surface area contributed by atoms with Gasteiger partial charge in [-0.05, 0) is 43.4 Å². The normalized spacial score (nSPS) is 17.7. The molecule has 11 heteroatoms. The molecule has 0 fully saturated rings. The summed E-state index contributed by atoms with van der Waals surface area (Å²) in [6, 6.07) is 9.13. The quantitative estimate of drug-likeness (QED) is 0.341. The van der Waals surface area contributed by atoms with Crippen molar-refractivity contribution in [2.24, 2.45) is 5.73 Å². The number of benzene rings is 1. The first-order valence-electron chi connectivity index (χ1n) is 12.5. The second-order valence-corrected chi connectivity index (χ2v) is 12.2. The van der Waals surface area contributed by atoms with Gasteiger partial charge in [-0.3, -0.25) is 4.79 Å². The Hall–Kier alpha value is -3.37. The second-order valence-electron chi connectivity index (χ2n) is 9.38. The number of nitrogens with two attached hydrogens (primary N) is 1. The average Bonchev–Trinajstić information content (AvgIpc) is 3.39. The minimum Gasteiger partial charge on any atom is -0.364 e. The van der Waals surface area contributed by atoms with Crippen molar-refractivity contribution < 1.29 is 17.7 Å².